The van der Waals surface area contributed by atoms with Crippen molar-refractivity contribution in [2.45, 2.75) is 6.54 Å². The fraction of sp³-hybridized carbons (Fsp3) is 0.100. The SMILES string of the molecule is Cl.Cl.O=C(Cn1cncn1)c1cccc(F)c1. The van der Waals surface area contributed by atoms with Crippen molar-refractivity contribution >= 4 is 30.6 Å². The first-order valence-corrected chi connectivity index (χ1v) is 4.37. The first-order chi connectivity index (χ1) is 7.25. The molecular formula is C10H10Cl2FN3O. The molecule has 0 aliphatic carbocycles. The smallest absolute Gasteiger partial charge is 0.184 e. The summed E-state index contributed by atoms with van der Waals surface area (Å²) in [5.74, 6) is -0.612. The Morgan fingerprint density at radius 2 is 2.12 bits per heavy atom. The zero-order chi connectivity index (χ0) is 10.7. The second-order valence-electron chi connectivity index (χ2n) is 3.03. The molecule has 0 unspecified atom stereocenters. The molecule has 0 fully saturated rings. The Morgan fingerprint density at radius 1 is 1.35 bits per heavy atom. The number of nitrogens with zero attached hydrogens (tertiary/aromatic N) is 3. The average Bonchev–Trinajstić information content (AvgIpc) is 2.70. The van der Waals surface area contributed by atoms with Gasteiger partial charge >= 0.3 is 0 Å². The van der Waals surface area contributed by atoms with Crippen LogP contribution in [0.1, 0.15) is 10.4 Å². The highest BCUT2D eigenvalue weighted by Gasteiger charge is 2.07. The summed E-state index contributed by atoms with van der Waals surface area (Å²) in [6, 6.07) is 5.58. The lowest BCUT2D eigenvalue weighted by Crippen LogP contribution is -2.10. The van der Waals surface area contributed by atoms with E-state index in [0.29, 0.717) is 5.56 Å². The van der Waals surface area contributed by atoms with Crippen LogP contribution in [0.3, 0.4) is 0 Å². The number of carbonyl (C=O) groups excluding carboxylic acids is 1. The van der Waals surface area contributed by atoms with Crippen molar-refractivity contribution in [3.63, 3.8) is 0 Å². The van der Waals surface area contributed by atoms with E-state index in [2.05, 4.69) is 10.1 Å². The van der Waals surface area contributed by atoms with Gasteiger partial charge in [-0.2, -0.15) is 5.10 Å². The van der Waals surface area contributed by atoms with E-state index in [1.807, 2.05) is 0 Å². The molecule has 92 valence electrons. The zero-order valence-electron chi connectivity index (χ0n) is 8.62. The monoisotopic (exact) mass is 277 g/mol. The number of rotatable bonds is 3. The van der Waals surface area contributed by atoms with Crippen LogP contribution < -0.4 is 0 Å². The minimum absolute atomic E-state index is 0. The summed E-state index contributed by atoms with van der Waals surface area (Å²) in [5.41, 5.74) is 0.338. The van der Waals surface area contributed by atoms with Crippen molar-refractivity contribution in [3.8, 4) is 0 Å². The normalized spacial score (nSPS) is 9.00. The van der Waals surface area contributed by atoms with Gasteiger partial charge in [0.25, 0.3) is 0 Å². The number of hydrogen-bond acceptors (Lipinski definition) is 3. The molecule has 0 saturated carbocycles. The van der Waals surface area contributed by atoms with E-state index < -0.39 is 5.82 Å². The zero-order valence-corrected chi connectivity index (χ0v) is 10.2. The number of Topliss-reactive ketones (excluding diaryl/α,β-unsaturated/α-hetero) is 1. The molecule has 1 heterocycles. The van der Waals surface area contributed by atoms with Crippen molar-refractivity contribution in [1.29, 1.82) is 0 Å². The van der Waals surface area contributed by atoms with Crippen LogP contribution in [0.25, 0.3) is 0 Å². The summed E-state index contributed by atoms with van der Waals surface area (Å²) in [6.07, 6.45) is 2.79. The third-order valence-corrected chi connectivity index (χ3v) is 1.92. The van der Waals surface area contributed by atoms with Crippen molar-refractivity contribution in [1.82, 2.24) is 14.8 Å². The predicted octanol–water partition coefficient (Wildman–Crippen LogP) is 2.14. The lowest BCUT2D eigenvalue weighted by atomic mass is 10.1. The molecule has 0 aliphatic rings. The number of aromatic nitrogens is 3. The molecule has 2 rings (SSSR count). The van der Waals surface area contributed by atoms with Gasteiger partial charge in [-0.15, -0.1) is 24.8 Å². The molecule has 0 N–H and O–H groups in total. The van der Waals surface area contributed by atoms with Crippen LogP contribution in [0, 0.1) is 5.82 Å². The molecule has 7 heteroatoms. The average molecular weight is 278 g/mol. The van der Waals surface area contributed by atoms with Crippen molar-refractivity contribution in [3.05, 3.63) is 48.3 Å². The number of hydrogen-bond donors (Lipinski definition) is 0. The molecule has 0 amide bonds. The molecule has 0 spiro atoms. The Kier molecular flexibility index (Phi) is 6.38. The molecule has 1 aromatic heterocycles. The second kappa shape index (κ2) is 6.98. The van der Waals surface area contributed by atoms with Crippen LogP contribution in [0.5, 0.6) is 0 Å². The Hall–Kier alpha value is -1.46. The second-order valence-corrected chi connectivity index (χ2v) is 3.03. The Bertz CT molecular complexity index is 476. The Morgan fingerprint density at radius 3 is 2.71 bits per heavy atom. The number of carbonyl (C=O) groups is 1. The molecule has 0 saturated heterocycles. The molecule has 0 radical (unpaired) electrons. The van der Waals surface area contributed by atoms with Crippen LogP contribution in [0.4, 0.5) is 4.39 Å². The predicted molar refractivity (Wildman–Crippen MR) is 65.2 cm³/mol. The molecule has 4 nitrogen and oxygen atoms in total. The van der Waals surface area contributed by atoms with E-state index >= 15 is 0 Å². The van der Waals surface area contributed by atoms with Gasteiger partial charge in [0.05, 0.1) is 0 Å². The third-order valence-electron chi connectivity index (χ3n) is 1.92. The van der Waals surface area contributed by atoms with Gasteiger partial charge in [-0.05, 0) is 12.1 Å². The van der Waals surface area contributed by atoms with Crippen molar-refractivity contribution in [2.24, 2.45) is 0 Å². The summed E-state index contributed by atoms with van der Waals surface area (Å²) < 4.78 is 14.2. The lowest BCUT2D eigenvalue weighted by Gasteiger charge is -2.00. The first kappa shape index (κ1) is 15.5. The lowest BCUT2D eigenvalue weighted by molar-refractivity contribution is 0.0967. The molecule has 2 aromatic rings. The van der Waals surface area contributed by atoms with E-state index in [0.717, 1.165) is 0 Å². The van der Waals surface area contributed by atoms with Crippen molar-refractivity contribution in [2.75, 3.05) is 0 Å². The standard InChI is InChI=1S/C10H8FN3O.2ClH/c11-9-3-1-2-8(4-9)10(15)5-14-7-12-6-13-14;;/h1-4,6-7H,5H2;2*1H. The van der Waals surface area contributed by atoms with Crippen LogP contribution in [0.2, 0.25) is 0 Å². The maximum atomic E-state index is 12.8. The molecule has 0 aliphatic heterocycles. The highest BCUT2D eigenvalue weighted by Crippen LogP contribution is 2.05. The van der Waals surface area contributed by atoms with Gasteiger partial charge in [0, 0.05) is 5.56 Å². The summed E-state index contributed by atoms with van der Waals surface area (Å²) in [7, 11) is 0. The first-order valence-electron chi connectivity index (χ1n) is 4.37. The Balaban J connectivity index is 0.00000128. The highest BCUT2D eigenvalue weighted by molar-refractivity contribution is 5.95. The van der Waals surface area contributed by atoms with Gasteiger partial charge in [0.2, 0.25) is 0 Å². The van der Waals surface area contributed by atoms with Crippen LogP contribution in [0.15, 0.2) is 36.9 Å². The van der Waals surface area contributed by atoms with Gasteiger partial charge < -0.3 is 0 Å². The fourth-order valence-electron chi connectivity index (χ4n) is 1.21. The van der Waals surface area contributed by atoms with E-state index in [9.17, 15) is 9.18 Å². The molecule has 0 atom stereocenters. The van der Waals surface area contributed by atoms with Crippen molar-refractivity contribution < 1.29 is 9.18 Å². The highest BCUT2D eigenvalue weighted by atomic mass is 35.5. The molecule has 1 aromatic carbocycles. The molecular weight excluding hydrogens is 268 g/mol. The summed E-state index contributed by atoms with van der Waals surface area (Å²) in [6.45, 7) is 0.0729. The molecule has 0 bridgehead atoms. The topological polar surface area (TPSA) is 47.8 Å². The Labute approximate surface area is 110 Å². The largest absolute Gasteiger partial charge is 0.292 e. The van der Waals surface area contributed by atoms with Gasteiger partial charge in [-0.25, -0.2) is 14.1 Å². The maximum absolute atomic E-state index is 12.8. The van der Waals surface area contributed by atoms with Gasteiger partial charge in [0.15, 0.2) is 5.78 Å². The van der Waals surface area contributed by atoms with Gasteiger partial charge in [-0.1, -0.05) is 12.1 Å². The van der Waals surface area contributed by atoms with E-state index in [1.165, 1.54) is 35.5 Å². The summed E-state index contributed by atoms with van der Waals surface area (Å²) in [4.78, 5) is 15.3. The van der Waals surface area contributed by atoms with Crippen LogP contribution >= 0.6 is 24.8 Å². The fourth-order valence-corrected chi connectivity index (χ4v) is 1.21. The quantitative estimate of drug-likeness (QED) is 0.808. The summed E-state index contributed by atoms with van der Waals surface area (Å²) >= 11 is 0. The van der Waals surface area contributed by atoms with Crippen LogP contribution in [-0.2, 0) is 6.54 Å². The minimum atomic E-state index is -0.417. The third kappa shape index (κ3) is 4.13. The number of halogens is 3. The summed E-state index contributed by atoms with van der Waals surface area (Å²) in [5, 5.41) is 3.80. The maximum Gasteiger partial charge on any atom is 0.184 e. The van der Waals surface area contributed by atoms with E-state index in [4.69, 9.17) is 0 Å². The number of ketones is 1. The van der Waals surface area contributed by atoms with E-state index in [1.54, 1.807) is 6.07 Å². The minimum Gasteiger partial charge on any atom is -0.292 e. The van der Waals surface area contributed by atoms with E-state index in [-0.39, 0.29) is 37.1 Å². The molecule has 17 heavy (non-hydrogen) atoms. The number of benzene rings is 1. The van der Waals surface area contributed by atoms with Crippen LogP contribution in [-0.4, -0.2) is 20.5 Å². The van der Waals surface area contributed by atoms with Gasteiger partial charge in [0.1, 0.15) is 25.0 Å². The van der Waals surface area contributed by atoms with Gasteiger partial charge in [-0.3, -0.25) is 4.79 Å².